The van der Waals surface area contributed by atoms with Crippen LogP contribution in [0.3, 0.4) is 0 Å². The average molecular weight is 430 g/mol. The number of rotatable bonds is 3. The Bertz CT molecular complexity index is 960. The lowest BCUT2D eigenvalue weighted by molar-refractivity contribution is -0.137. The van der Waals surface area contributed by atoms with Gasteiger partial charge in [0.2, 0.25) is 0 Å². The van der Waals surface area contributed by atoms with Crippen molar-refractivity contribution < 1.29 is 22.7 Å². The Balaban J connectivity index is 1.99. The van der Waals surface area contributed by atoms with E-state index in [1.165, 1.54) is 13.2 Å². The van der Waals surface area contributed by atoms with Gasteiger partial charge in [0.25, 0.3) is 5.91 Å². The maximum absolute atomic E-state index is 13.1. The highest BCUT2D eigenvalue weighted by Gasteiger charge is 2.37. The summed E-state index contributed by atoms with van der Waals surface area (Å²) in [6, 6.07) is 10.3. The maximum Gasteiger partial charge on any atom is 0.417 e. The summed E-state index contributed by atoms with van der Waals surface area (Å²) in [6.07, 6.45) is -3.04. The normalized spacial score (nSPS) is 16.3. The quantitative estimate of drug-likeness (QED) is 0.457. The van der Waals surface area contributed by atoms with Gasteiger partial charge in [0.1, 0.15) is 5.75 Å². The molecule has 1 aliphatic heterocycles. The Labute approximate surface area is 167 Å². The predicted molar refractivity (Wildman–Crippen MR) is 105 cm³/mol. The Kier molecular flexibility index (Phi) is 5.50. The van der Waals surface area contributed by atoms with Crippen LogP contribution in [0.25, 0.3) is 6.08 Å². The van der Waals surface area contributed by atoms with Crippen LogP contribution in [0, 0.1) is 0 Å². The second kappa shape index (κ2) is 7.53. The minimum absolute atomic E-state index is 0.0117. The number of alkyl halides is 3. The van der Waals surface area contributed by atoms with E-state index >= 15 is 0 Å². The zero-order chi connectivity index (χ0) is 19.8. The molecule has 1 fully saturated rings. The number of hydrogen-bond acceptors (Lipinski definition) is 4. The van der Waals surface area contributed by atoms with Crippen LogP contribution in [0.5, 0.6) is 5.75 Å². The van der Waals surface area contributed by atoms with Crippen LogP contribution in [0.4, 0.5) is 18.9 Å². The molecule has 2 aromatic carbocycles. The van der Waals surface area contributed by atoms with Gasteiger partial charge >= 0.3 is 6.18 Å². The van der Waals surface area contributed by atoms with Crippen molar-refractivity contribution in [1.82, 2.24) is 0 Å². The molecule has 0 bridgehead atoms. The summed E-state index contributed by atoms with van der Waals surface area (Å²) in [5, 5.41) is -0.443. The van der Waals surface area contributed by atoms with Crippen molar-refractivity contribution in [1.29, 1.82) is 0 Å². The molecular formula is C18H11ClF3NO2S2. The molecule has 0 saturated carbocycles. The van der Waals surface area contributed by atoms with Crippen molar-refractivity contribution in [3.63, 3.8) is 0 Å². The van der Waals surface area contributed by atoms with Gasteiger partial charge < -0.3 is 4.74 Å². The van der Waals surface area contributed by atoms with Crippen LogP contribution < -0.4 is 9.64 Å². The number of thiocarbonyl (C=S) groups is 1. The molecule has 1 saturated heterocycles. The minimum atomic E-state index is -4.64. The summed E-state index contributed by atoms with van der Waals surface area (Å²) in [5.74, 6) is 0.0555. The number of amides is 1. The first kappa shape index (κ1) is 19.7. The number of benzene rings is 2. The lowest BCUT2D eigenvalue weighted by Gasteiger charge is -2.17. The smallest absolute Gasteiger partial charge is 0.417 e. The SMILES string of the molecule is COc1ccccc1/C=C1\SC(=S)N(c2ccc(Cl)c(C(F)(F)F)c2)C1=O. The third-order valence-corrected chi connectivity index (χ3v) is 5.36. The summed E-state index contributed by atoms with van der Waals surface area (Å²) in [5.41, 5.74) is -0.352. The molecule has 2 aromatic rings. The maximum atomic E-state index is 13.1. The minimum Gasteiger partial charge on any atom is -0.496 e. The van der Waals surface area contributed by atoms with Crippen LogP contribution >= 0.6 is 35.6 Å². The molecule has 3 nitrogen and oxygen atoms in total. The van der Waals surface area contributed by atoms with Gasteiger partial charge in [-0.2, -0.15) is 13.2 Å². The highest BCUT2D eigenvalue weighted by atomic mass is 35.5. The molecule has 3 rings (SSSR count). The van der Waals surface area contributed by atoms with Gasteiger partial charge in [0.15, 0.2) is 4.32 Å². The van der Waals surface area contributed by atoms with Crippen molar-refractivity contribution in [2.24, 2.45) is 0 Å². The summed E-state index contributed by atoms with van der Waals surface area (Å²) >= 11 is 11.9. The lowest BCUT2D eigenvalue weighted by atomic mass is 10.1. The molecule has 0 N–H and O–H groups in total. The van der Waals surface area contributed by atoms with Gasteiger partial charge in [0.05, 0.1) is 28.3 Å². The number of anilines is 1. The van der Waals surface area contributed by atoms with E-state index < -0.39 is 22.7 Å². The standard InChI is InChI=1S/C18H11ClF3NO2S2/c1-25-14-5-3-2-4-10(14)8-15-16(24)23(17(26)27-15)11-6-7-13(19)12(9-11)18(20,21)22/h2-9H,1H3/b15-8-. The number of hydrogen-bond donors (Lipinski definition) is 0. The van der Waals surface area contributed by atoms with Crippen molar-refractivity contribution in [2.75, 3.05) is 12.0 Å². The Hall–Kier alpha value is -2.03. The highest BCUT2D eigenvalue weighted by Crippen LogP contribution is 2.41. The van der Waals surface area contributed by atoms with Crippen LogP contribution in [0.1, 0.15) is 11.1 Å². The van der Waals surface area contributed by atoms with Crippen LogP contribution in [-0.4, -0.2) is 17.3 Å². The van der Waals surface area contributed by atoms with Gasteiger partial charge in [-0.25, -0.2) is 0 Å². The molecule has 0 radical (unpaired) electrons. The molecule has 1 amide bonds. The summed E-state index contributed by atoms with van der Waals surface area (Å²) in [7, 11) is 1.50. The molecule has 0 aliphatic carbocycles. The van der Waals surface area contributed by atoms with E-state index in [1.807, 2.05) is 0 Å². The van der Waals surface area contributed by atoms with Crippen LogP contribution in [0.15, 0.2) is 47.4 Å². The van der Waals surface area contributed by atoms with Gasteiger partial charge in [-0.15, -0.1) is 0 Å². The fraction of sp³-hybridized carbons (Fsp3) is 0.111. The number of carbonyl (C=O) groups is 1. The number of methoxy groups -OCH3 is 1. The molecule has 140 valence electrons. The van der Waals surface area contributed by atoms with Crippen molar-refractivity contribution in [3.8, 4) is 5.75 Å². The lowest BCUT2D eigenvalue weighted by Crippen LogP contribution is -2.27. The van der Waals surface area contributed by atoms with E-state index in [2.05, 4.69) is 0 Å². The number of ether oxygens (including phenoxy) is 1. The zero-order valence-corrected chi connectivity index (χ0v) is 16.1. The fourth-order valence-electron chi connectivity index (χ4n) is 2.49. The molecule has 1 heterocycles. The molecule has 27 heavy (non-hydrogen) atoms. The van der Waals surface area contributed by atoms with E-state index in [9.17, 15) is 18.0 Å². The monoisotopic (exact) mass is 429 g/mol. The van der Waals surface area contributed by atoms with Crippen molar-refractivity contribution in [3.05, 3.63) is 63.5 Å². The molecular weight excluding hydrogens is 419 g/mol. The van der Waals surface area contributed by atoms with Crippen LogP contribution in [-0.2, 0) is 11.0 Å². The molecule has 9 heteroatoms. The zero-order valence-electron chi connectivity index (χ0n) is 13.7. The van der Waals surface area contributed by atoms with E-state index in [-0.39, 0.29) is 14.9 Å². The van der Waals surface area contributed by atoms with Crippen molar-refractivity contribution >= 4 is 57.6 Å². The van der Waals surface area contributed by atoms with E-state index in [0.717, 1.165) is 28.8 Å². The van der Waals surface area contributed by atoms with Gasteiger partial charge in [-0.3, -0.25) is 9.69 Å². The number of nitrogens with zero attached hydrogens (tertiary/aromatic N) is 1. The topological polar surface area (TPSA) is 29.5 Å². The second-order valence-corrected chi connectivity index (χ2v) is 7.50. The summed E-state index contributed by atoms with van der Waals surface area (Å²) < 4.78 is 44.7. The average Bonchev–Trinajstić information content (AvgIpc) is 2.89. The van der Waals surface area contributed by atoms with Gasteiger partial charge in [0, 0.05) is 5.56 Å². The first-order valence-electron chi connectivity index (χ1n) is 7.50. The molecule has 0 unspecified atom stereocenters. The third kappa shape index (κ3) is 3.97. The largest absolute Gasteiger partial charge is 0.496 e. The van der Waals surface area contributed by atoms with E-state index in [1.54, 1.807) is 30.3 Å². The van der Waals surface area contributed by atoms with Gasteiger partial charge in [-0.1, -0.05) is 53.8 Å². The number of carbonyl (C=O) groups excluding carboxylic acids is 1. The summed E-state index contributed by atoms with van der Waals surface area (Å²) in [6.45, 7) is 0. The van der Waals surface area contributed by atoms with E-state index in [0.29, 0.717) is 11.3 Å². The fourth-order valence-corrected chi connectivity index (χ4v) is 4.00. The second-order valence-electron chi connectivity index (χ2n) is 5.42. The Morgan fingerprint density at radius 3 is 2.59 bits per heavy atom. The first-order chi connectivity index (χ1) is 12.7. The highest BCUT2D eigenvalue weighted by molar-refractivity contribution is 8.27. The Morgan fingerprint density at radius 2 is 1.93 bits per heavy atom. The molecule has 0 aromatic heterocycles. The predicted octanol–water partition coefficient (Wildman–Crippen LogP) is 5.77. The molecule has 0 atom stereocenters. The number of thioether (sulfide) groups is 1. The third-order valence-electron chi connectivity index (χ3n) is 3.73. The first-order valence-corrected chi connectivity index (χ1v) is 9.10. The number of para-hydroxylation sites is 1. The molecule has 1 aliphatic rings. The van der Waals surface area contributed by atoms with Crippen molar-refractivity contribution in [2.45, 2.75) is 6.18 Å². The van der Waals surface area contributed by atoms with Crippen LogP contribution in [0.2, 0.25) is 5.02 Å². The van der Waals surface area contributed by atoms with Gasteiger partial charge in [-0.05, 0) is 30.3 Å². The van der Waals surface area contributed by atoms with E-state index in [4.69, 9.17) is 28.6 Å². The molecule has 0 spiro atoms. The Morgan fingerprint density at radius 1 is 1.22 bits per heavy atom. The number of halogens is 4. The summed E-state index contributed by atoms with van der Waals surface area (Å²) in [4.78, 5) is 14.1.